The van der Waals surface area contributed by atoms with Gasteiger partial charge in [0.25, 0.3) is 5.91 Å². The standard InChI is InChI=1S/C17H18ClN3O4/c1-23-15-8-7-12(9-14(15)18)20-17(22)11-25-21-16(19)10-24-13-5-3-2-4-6-13/h2-9H,10-11H2,1H3,(H2,19,21)(H,20,22). The molecule has 0 aliphatic heterocycles. The number of hydrogen-bond acceptors (Lipinski definition) is 5. The highest BCUT2D eigenvalue weighted by atomic mass is 35.5. The molecule has 2 rings (SSSR count). The van der Waals surface area contributed by atoms with Gasteiger partial charge in [-0.25, -0.2) is 0 Å². The Balaban J connectivity index is 1.74. The Labute approximate surface area is 150 Å². The smallest absolute Gasteiger partial charge is 0.265 e. The normalized spacial score (nSPS) is 10.9. The zero-order valence-corrected chi connectivity index (χ0v) is 14.3. The molecule has 3 N–H and O–H groups in total. The Bertz CT molecular complexity index is 738. The van der Waals surface area contributed by atoms with E-state index in [2.05, 4.69) is 10.5 Å². The highest BCUT2D eigenvalue weighted by Crippen LogP contribution is 2.27. The lowest BCUT2D eigenvalue weighted by molar-refractivity contribution is -0.120. The molecule has 0 saturated carbocycles. The minimum absolute atomic E-state index is 0.0553. The quantitative estimate of drug-likeness (QED) is 0.427. The molecule has 0 spiro atoms. The Morgan fingerprint density at radius 2 is 1.96 bits per heavy atom. The number of oxime groups is 1. The second kappa shape index (κ2) is 9.39. The average Bonchev–Trinajstić information content (AvgIpc) is 2.61. The SMILES string of the molecule is COc1ccc(NC(=O)CON=C(N)COc2ccccc2)cc1Cl. The van der Waals surface area contributed by atoms with E-state index in [4.69, 9.17) is 31.6 Å². The molecule has 0 fully saturated rings. The minimum atomic E-state index is -0.401. The fourth-order valence-corrected chi connectivity index (χ4v) is 2.07. The van der Waals surface area contributed by atoms with Crippen LogP contribution in [-0.2, 0) is 9.63 Å². The van der Waals surface area contributed by atoms with Gasteiger partial charge in [0, 0.05) is 5.69 Å². The number of nitrogens with zero attached hydrogens (tertiary/aromatic N) is 1. The van der Waals surface area contributed by atoms with E-state index in [1.54, 1.807) is 30.3 Å². The number of methoxy groups -OCH3 is 1. The third-order valence-electron chi connectivity index (χ3n) is 2.94. The van der Waals surface area contributed by atoms with Gasteiger partial charge in [0.2, 0.25) is 0 Å². The number of halogens is 1. The van der Waals surface area contributed by atoms with Crippen LogP contribution in [0.15, 0.2) is 53.7 Å². The van der Waals surface area contributed by atoms with Crippen LogP contribution in [0.25, 0.3) is 0 Å². The third kappa shape index (κ3) is 6.23. The van der Waals surface area contributed by atoms with Crippen LogP contribution >= 0.6 is 11.6 Å². The number of anilines is 1. The van der Waals surface area contributed by atoms with Gasteiger partial charge in [-0.05, 0) is 30.3 Å². The van der Waals surface area contributed by atoms with Crippen LogP contribution < -0.4 is 20.5 Å². The largest absolute Gasteiger partial charge is 0.495 e. The molecule has 0 aliphatic rings. The summed E-state index contributed by atoms with van der Waals surface area (Å²) in [6.07, 6.45) is 0. The molecule has 0 atom stereocenters. The second-order valence-electron chi connectivity index (χ2n) is 4.86. The van der Waals surface area contributed by atoms with Crippen LogP contribution in [0, 0.1) is 0 Å². The van der Waals surface area contributed by atoms with Crippen molar-refractivity contribution in [1.82, 2.24) is 0 Å². The first-order valence-corrected chi connectivity index (χ1v) is 7.72. The molecule has 0 aromatic heterocycles. The summed E-state index contributed by atoms with van der Waals surface area (Å²) in [5, 5.41) is 6.64. The minimum Gasteiger partial charge on any atom is -0.495 e. The molecule has 2 aromatic rings. The van der Waals surface area contributed by atoms with E-state index in [0.29, 0.717) is 22.2 Å². The lowest BCUT2D eigenvalue weighted by Gasteiger charge is -2.08. The van der Waals surface area contributed by atoms with E-state index in [9.17, 15) is 4.79 Å². The molecule has 0 unspecified atom stereocenters. The molecule has 2 aromatic carbocycles. The van der Waals surface area contributed by atoms with Crippen LogP contribution in [0.5, 0.6) is 11.5 Å². The van der Waals surface area contributed by atoms with E-state index in [1.165, 1.54) is 7.11 Å². The van der Waals surface area contributed by atoms with Crippen molar-refractivity contribution in [1.29, 1.82) is 0 Å². The molecule has 8 heteroatoms. The summed E-state index contributed by atoms with van der Waals surface area (Å²) in [6.45, 7) is -0.241. The summed E-state index contributed by atoms with van der Waals surface area (Å²) in [5.41, 5.74) is 6.17. The summed E-state index contributed by atoms with van der Waals surface area (Å²) in [5.74, 6) is 0.896. The summed E-state index contributed by atoms with van der Waals surface area (Å²) in [6, 6.07) is 14.0. The molecule has 25 heavy (non-hydrogen) atoms. The molecule has 0 bridgehead atoms. The fraction of sp³-hybridized carbons (Fsp3) is 0.176. The topological polar surface area (TPSA) is 95.2 Å². The number of nitrogens with one attached hydrogen (secondary N) is 1. The van der Waals surface area contributed by atoms with Crippen molar-refractivity contribution in [2.75, 3.05) is 25.6 Å². The zero-order valence-electron chi connectivity index (χ0n) is 13.6. The van der Waals surface area contributed by atoms with E-state index in [0.717, 1.165) is 0 Å². The van der Waals surface area contributed by atoms with Gasteiger partial charge >= 0.3 is 0 Å². The van der Waals surface area contributed by atoms with Crippen molar-refractivity contribution >= 4 is 29.0 Å². The van der Waals surface area contributed by atoms with Crippen LogP contribution in [0.2, 0.25) is 5.02 Å². The predicted octanol–water partition coefficient (Wildman–Crippen LogP) is 2.65. The maximum absolute atomic E-state index is 11.8. The third-order valence-corrected chi connectivity index (χ3v) is 3.24. The molecule has 0 saturated heterocycles. The highest BCUT2D eigenvalue weighted by molar-refractivity contribution is 6.32. The van der Waals surface area contributed by atoms with Crippen LogP contribution in [-0.4, -0.2) is 32.1 Å². The first kappa shape index (κ1) is 18.4. The Kier molecular flexibility index (Phi) is 6.91. The van der Waals surface area contributed by atoms with Crippen LogP contribution in [0.4, 0.5) is 5.69 Å². The molecule has 1 amide bonds. The van der Waals surface area contributed by atoms with Crippen LogP contribution in [0.1, 0.15) is 0 Å². The number of nitrogens with two attached hydrogens (primary N) is 1. The fourth-order valence-electron chi connectivity index (χ4n) is 1.82. The summed E-state index contributed by atoms with van der Waals surface area (Å²) >= 11 is 5.98. The van der Waals surface area contributed by atoms with Gasteiger partial charge in [-0.2, -0.15) is 0 Å². The van der Waals surface area contributed by atoms with Gasteiger partial charge in [-0.1, -0.05) is 35.0 Å². The van der Waals surface area contributed by atoms with E-state index >= 15 is 0 Å². The molecule has 0 radical (unpaired) electrons. The van der Waals surface area contributed by atoms with Gasteiger partial charge in [-0.15, -0.1) is 0 Å². The maximum Gasteiger partial charge on any atom is 0.265 e. The number of carbonyl (C=O) groups excluding carboxylic acids is 1. The number of ether oxygens (including phenoxy) is 2. The van der Waals surface area contributed by atoms with Gasteiger partial charge in [0.05, 0.1) is 12.1 Å². The highest BCUT2D eigenvalue weighted by Gasteiger charge is 2.06. The number of benzene rings is 2. The van der Waals surface area contributed by atoms with E-state index < -0.39 is 5.91 Å². The number of para-hydroxylation sites is 1. The number of amidine groups is 1. The van der Waals surface area contributed by atoms with Crippen molar-refractivity contribution in [3.63, 3.8) is 0 Å². The van der Waals surface area contributed by atoms with Crippen molar-refractivity contribution in [3.8, 4) is 11.5 Å². The van der Waals surface area contributed by atoms with Crippen LogP contribution in [0.3, 0.4) is 0 Å². The number of hydrogen-bond donors (Lipinski definition) is 2. The molecular weight excluding hydrogens is 346 g/mol. The Morgan fingerprint density at radius 3 is 2.64 bits per heavy atom. The first-order valence-electron chi connectivity index (χ1n) is 7.34. The molecular formula is C17H18ClN3O4. The van der Waals surface area contributed by atoms with Crippen molar-refractivity contribution in [2.45, 2.75) is 0 Å². The summed E-state index contributed by atoms with van der Waals surface area (Å²) in [7, 11) is 1.51. The second-order valence-corrected chi connectivity index (χ2v) is 5.26. The van der Waals surface area contributed by atoms with Gasteiger partial charge in [-0.3, -0.25) is 4.79 Å². The maximum atomic E-state index is 11.8. The van der Waals surface area contributed by atoms with Crippen molar-refractivity contribution < 1.29 is 19.1 Å². The zero-order chi connectivity index (χ0) is 18.1. The first-order chi connectivity index (χ1) is 12.1. The average molecular weight is 364 g/mol. The number of carbonyl (C=O) groups is 1. The Morgan fingerprint density at radius 1 is 1.20 bits per heavy atom. The van der Waals surface area contributed by atoms with Gasteiger partial charge in [0.15, 0.2) is 12.4 Å². The predicted molar refractivity (Wildman–Crippen MR) is 96.1 cm³/mol. The lowest BCUT2D eigenvalue weighted by Crippen LogP contribution is -2.23. The van der Waals surface area contributed by atoms with E-state index in [1.807, 2.05) is 18.2 Å². The molecule has 0 aliphatic carbocycles. The summed E-state index contributed by atoms with van der Waals surface area (Å²) < 4.78 is 10.4. The van der Waals surface area contributed by atoms with Crippen molar-refractivity contribution in [3.05, 3.63) is 53.6 Å². The monoisotopic (exact) mass is 363 g/mol. The molecule has 0 heterocycles. The Hall–Kier alpha value is -2.93. The molecule has 132 valence electrons. The lowest BCUT2D eigenvalue weighted by atomic mass is 10.3. The summed E-state index contributed by atoms with van der Waals surface area (Å²) in [4.78, 5) is 16.7. The number of amides is 1. The van der Waals surface area contributed by atoms with Gasteiger partial charge in [0.1, 0.15) is 18.1 Å². The molecule has 7 nitrogen and oxygen atoms in total. The van der Waals surface area contributed by atoms with Gasteiger partial charge < -0.3 is 25.4 Å². The number of rotatable bonds is 8. The van der Waals surface area contributed by atoms with Crippen molar-refractivity contribution in [2.24, 2.45) is 10.9 Å². The van der Waals surface area contributed by atoms with E-state index in [-0.39, 0.29) is 19.0 Å².